The largest absolute Gasteiger partial charge is 0.368 e. The number of amides is 2. The molecule has 0 aliphatic heterocycles. The average molecular weight is 438 g/mol. The van der Waals surface area contributed by atoms with Crippen LogP contribution in [0.1, 0.15) is 25.2 Å². The maximum atomic E-state index is 12.2. The molecule has 1 atom stereocenters. The molecule has 0 radical (unpaired) electrons. The van der Waals surface area contributed by atoms with Crippen molar-refractivity contribution in [3.63, 3.8) is 0 Å². The molecule has 1 heterocycles. The summed E-state index contributed by atoms with van der Waals surface area (Å²) in [5.74, 6) is 0.146. The second kappa shape index (κ2) is 10.0. The number of carbonyl (C=O) groups excluding carboxylic acids is 2. The lowest BCUT2D eigenvalue weighted by Gasteiger charge is -2.21. The van der Waals surface area contributed by atoms with Crippen molar-refractivity contribution < 1.29 is 9.59 Å². The second-order valence-electron chi connectivity index (χ2n) is 7.38. The van der Waals surface area contributed by atoms with E-state index in [1.165, 1.54) is 6.08 Å². The molecule has 0 unspecified atom stereocenters. The van der Waals surface area contributed by atoms with Crippen molar-refractivity contribution in [3.05, 3.63) is 71.0 Å². The molecule has 3 rings (SSSR count). The third-order valence-corrected chi connectivity index (χ3v) is 4.85. The van der Waals surface area contributed by atoms with E-state index in [-0.39, 0.29) is 18.4 Å². The van der Waals surface area contributed by atoms with Crippen LogP contribution in [0.25, 0.3) is 17.0 Å². The summed E-state index contributed by atoms with van der Waals surface area (Å²) < 4.78 is 0. The van der Waals surface area contributed by atoms with E-state index in [0.29, 0.717) is 22.2 Å². The van der Waals surface area contributed by atoms with E-state index in [9.17, 15) is 9.59 Å². The Labute approximate surface area is 185 Å². The van der Waals surface area contributed by atoms with E-state index >= 15 is 0 Å². The number of anilines is 1. The molecule has 8 heteroatoms. The van der Waals surface area contributed by atoms with Gasteiger partial charge in [0, 0.05) is 16.5 Å². The maximum Gasteiger partial charge on any atom is 0.244 e. The second-order valence-corrected chi connectivity index (χ2v) is 7.82. The SMILES string of the molecule is CC(C)[C@H](Nc1nc(CNC(=O)C=Cc2cccc(Cl)c2)nc2ccccc12)C(N)=O. The van der Waals surface area contributed by atoms with Crippen LogP contribution >= 0.6 is 11.6 Å². The molecule has 31 heavy (non-hydrogen) atoms. The van der Waals surface area contributed by atoms with Crippen molar-refractivity contribution in [1.82, 2.24) is 15.3 Å². The molecule has 7 nitrogen and oxygen atoms in total. The van der Waals surface area contributed by atoms with Crippen LogP contribution in [0.5, 0.6) is 0 Å². The Hall–Kier alpha value is -3.45. The van der Waals surface area contributed by atoms with Gasteiger partial charge < -0.3 is 16.4 Å². The monoisotopic (exact) mass is 437 g/mol. The molecule has 0 spiro atoms. The van der Waals surface area contributed by atoms with Crippen molar-refractivity contribution >= 4 is 46.2 Å². The molecular weight excluding hydrogens is 414 g/mol. The van der Waals surface area contributed by atoms with Crippen LogP contribution in [0, 0.1) is 5.92 Å². The summed E-state index contributed by atoms with van der Waals surface area (Å²) in [4.78, 5) is 33.1. The molecule has 160 valence electrons. The summed E-state index contributed by atoms with van der Waals surface area (Å²) in [6, 6.07) is 14.1. The number of nitrogens with two attached hydrogens (primary N) is 1. The summed E-state index contributed by atoms with van der Waals surface area (Å²) in [5, 5.41) is 7.28. The molecule has 2 amide bonds. The molecule has 4 N–H and O–H groups in total. The Morgan fingerprint density at radius 2 is 1.90 bits per heavy atom. The fourth-order valence-corrected chi connectivity index (χ4v) is 3.23. The van der Waals surface area contributed by atoms with Gasteiger partial charge in [-0.15, -0.1) is 0 Å². The fraction of sp³-hybridized carbons (Fsp3) is 0.217. The summed E-state index contributed by atoms with van der Waals surface area (Å²) in [7, 11) is 0. The molecule has 0 aliphatic carbocycles. The topological polar surface area (TPSA) is 110 Å². The van der Waals surface area contributed by atoms with Gasteiger partial charge in [-0.3, -0.25) is 9.59 Å². The van der Waals surface area contributed by atoms with Crippen LogP contribution in [-0.2, 0) is 16.1 Å². The first-order valence-electron chi connectivity index (χ1n) is 9.86. The zero-order valence-electron chi connectivity index (χ0n) is 17.3. The number of nitrogens with one attached hydrogen (secondary N) is 2. The zero-order chi connectivity index (χ0) is 22.4. The number of nitrogens with zero attached hydrogens (tertiary/aromatic N) is 2. The number of hydrogen-bond donors (Lipinski definition) is 3. The van der Waals surface area contributed by atoms with Gasteiger partial charge in [0.05, 0.1) is 12.1 Å². The van der Waals surface area contributed by atoms with Gasteiger partial charge in [-0.05, 0) is 41.8 Å². The fourth-order valence-electron chi connectivity index (χ4n) is 3.03. The standard InChI is InChI=1S/C23H24ClN5O2/c1-14(2)21(22(25)31)29-23-17-8-3-4-9-18(17)27-19(28-23)13-26-20(30)11-10-15-6-5-7-16(24)12-15/h3-12,14,21H,13H2,1-2H3,(H2,25,31)(H,26,30)(H,27,28,29)/t21-/m0/s1. The number of halogens is 1. The number of carbonyl (C=O) groups is 2. The third-order valence-electron chi connectivity index (χ3n) is 4.61. The Bertz CT molecular complexity index is 1130. The summed E-state index contributed by atoms with van der Waals surface area (Å²) >= 11 is 5.95. The minimum Gasteiger partial charge on any atom is -0.368 e. The van der Waals surface area contributed by atoms with Crippen molar-refractivity contribution in [3.8, 4) is 0 Å². The molecule has 0 saturated heterocycles. The summed E-state index contributed by atoms with van der Waals surface area (Å²) in [6.45, 7) is 3.93. The van der Waals surface area contributed by atoms with Crippen LogP contribution in [0.3, 0.4) is 0 Å². The molecule has 3 aromatic rings. The van der Waals surface area contributed by atoms with Gasteiger partial charge in [-0.1, -0.05) is 49.7 Å². The number of fused-ring (bicyclic) bond motifs is 1. The molecular formula is C23H24ClN5O2. The van der Waals surface area contributed by atoms with E-state index in [0.717, 1.165) is 10.9 Å². The molecule has 0 fully saturated rings. The molecule has 0 bridgehead atoms. The van der Waals surface area contributed by atoms with Crippen molar-refractivity contribution in [2.75, 3.05) is 5.32 Å². The lowest BCUT2D eigenvalue weighted by atomic mass is 10.0. The van der Waals surface area contributed by atoms with Crippen LogP contribution in [0.4, 0.5) is 5.82 Å². The van der Waals surface area contributed by atoms with E-state index < -0.39 is 11.9 Å². The number of primary amides is 1. The predicted molar refractivity (Wildman–Crippen MR) is 123 cm³/mol. The summed E-state index contributed by atoms with van der Waals surface area (Å²) in [5.41, 5.74) is 7.06. The predicted octanol–water partition coefficient (Wildman–Crippen LogP) is 3.53. The minimum absolute atomic E-state index is 0.0222. The minimum atomic E-state index is -0.582. The van der Waals surface area contributed by atoms with Crippen molar-refractivity contribution in [2.24, 2.45) is 11.7 Å². The number of benzene rings is 2. The Morgan fingerprint density at radius 1 is 1.13 bits per heavy atom. The van der Waals surface area contributed by atoms with Gasteiger partial charge in [0.2, 0.25) is 11.8 Å². The van der Waals surface area contributed by atoms with E-state index in [1.54, 1.807) is 18.2 Å². The van der Waals surface area contributed by atoms with Gasteiger partial charge >= 0.3 is 0 Å². The number of para-hydroxylation sites is 1. The lowest BCUT2D eigenvalue weighted by Crippen LogP contribution is -2.40. The molecule has 0 saturated carbocycles. The highest BCUT2D eigenvalue weighted by atomic mass is 35.5. The first kappa shape index (κ1) is 22.2. The van der Waals surface area contributed by atoms with Crippen LogP contribution in [0.15, 0.2) is 54.6 Å². The van der Waals surface area contributed by atoms with Crippen molar-refractivity contribution in [1.29, 1.82) is 0 Å². The van der Waals surface area contributed by atoms with E-state index in [4.69, 9.17) is 17.3 Å². The Kier molecular flexibility index (Phi) is 7.20. The highest BCUT2D eigenvalue weighted by Gasteiger charge is 2.21. The normalized spacial score (nSPS) is 12.3. The van der Waals surface area contributed by atoms with Gasteiger partial charge in [-0.25, -0.2) is 9.97 Å². The van der Waals surface area contributed by atoms with E-state index in [1.807, 2.05) is 50.2 Å². The number of hydrogen-bond acceptors (Lipinski definition) is 5. The molecule has 1 aromatic heterocycles. The zero-order valence-corrected chi connectivity index (χ0v) is 18.1. The average Bonchev–Trinajstić information content (AvgIpc) is 2.74. The lowest BCUT2D eigenvalue weighted by molar-refractivity contribution is -0.119. The van der Waals surface area contributed by atoms with Gasteiger partial charge in [0.15, 0.2) is 5.82 Å². The highest BCUT2D eigenvalue weighted by molar-refractivity contribution is 6.30. The highest BCUT2D eigenvalue weighted by Crippen LogP contribution is 2.22. The third kappa shape index (κ3) is 6.02. The number of aromatic nitrogens is 2. The summed E-state index contributed by atoms with van der Waals surface area (Å²) in [6.07, 6.45) is 3.10. The van der Waals surface area contributed by atoms with Crippen molar-refractivity contribution in [2.45, 2.75) is 26.4 Å². The number of rotatable bonds is 8. The van der Waals surface area contributed by atoms with Crippen LogP contribution in [-0.4, -0.2) is 27.8 Å². The van der Waals surface area contributed by atoms with Gasteiger partial charge in [0.1, 0.15) is 11.9 Å². The van der Waals surface area contributed by atoms with E-state index in [2.05, 4.69) is 20.6 Å². The quantitative estimate of drug-likeness (QED) is 0.467. The molecule has 2 aromatic carbocycles. The van der Waals surface area contributed by atoms with Crippen LogP contribution in [0.2, 0.25) is 5.02 Å². The maximum absolute atomic E-state index is 12.2. The van der Waals surface area contributed by atoms with Crippen LogP contribution < -0.4 is 16.4 Å². The molecule has 0 aliphatic rings. The van der Waals surface area contributed by atoms with Gasteiger partial charge in [0.25, 0.3) is 0 Å². The van der Waals surface area contributed by atoms with Gasteiger partial charge in [-0.2, -0.15) is 0 Å². The smallest absolute Gasteiger partial charge is 0.244 e. The first-order chi connectivity index (χ1) is 14.8. The Balaban J connectivity index is 1.77. The first-order valence-corrected chi connectivity index (χ1v) is 10.2. The Morgan fingerprint density at radius 3 is 2.61 bits per heavy atom.